The molecular formula is C15H28O3. The van der Waals surface area contributed by atoms with Crippen molar-refractivity contribution in [1.29, 1.82) is 0 Å². The van der Waals surface area contributed by atoms with Crippen LogP contribution in [-0.4, -0.2) is 21.8 Å². The Bertz CT molecular complexity index is 303. The molecule has 0 bridgehead atoms. The van der Waals surface area contributed by atoms with E-state index in [-0.39, 0.29) is 23.2 Å². The lowest BCUT2D eigenvalue weighted by Crippen LogP contribution is -2.55. The highest BCUT2D eigenvalue weighted by atomic mass is 16.4. The fourth-order valence-electron chi connectivity index (χ4n) is 3.53. The van der Waals surface area contributed by atoms with Gasteiger partial charge in [-0.05, 0) is 30.1 Å². The van der Waals surface area contributed by atoms with Gasteiger partial charge in [-0.1, -0.05) is 47.5 Å². The van der Waals surface area contributed by atoms with Crippen LogP contribution in [-0.2, 0) is 4.79 Å². The van der Waals surface area contributed by atoms with Gasteiger partial charge in [-0.2, -0.15) is 0 Å². The SMILES string of the molecule is CC(C)C(O)(C(=O)O)C1CCCCC1C(C)(C)C. The minimum absolute atomic E-state index is 0.0450. The first-order valence-corrected chi connectivity index (χ1v) is 7.07. The molecule has 0 radical (unpaired) electrons. The highest BCUT2D eigenvalue weighted by Gasteiger charge is 2.52. The lowest BCUT2D eigenvalue weighted by atomic mass is 9.59. The lowest BCUT2D eigenvalue weighted by molar-refractivity contribution is -0.181. The standard InChI is InChI=1S/C15H28O3/c1-10(2)15(18,13(16)17)12-9-7-6-8-11(12)14(3,4)5/h10-12,18H,6-9H2,1-5H3,(H,16,17). The van der Waals surface area contributed by atoms with Gasteiger partial charge in [0.2, 0.25) is 0 Å². The van der Waals surface area contributed by atoms with Gasteiger partial charge < -0.3 is 10.2 Å². The Morgan fingerprint density at radius 1 is 1.11 bits per heavy atom. The second-order valence-electron chi connectivity index (χ2n) is 7.15. The monoisotopic (exact) mass is 256 g/mol. The molecule has 1 aliphatic carbocycles. The van der Waals surface area contributed by atoms with Gasteiger partial charge >= 0.3 is 5.97 Å². The van der Waals surface area contributed by atoms with Gasteiger partial charge in [0.15, 0.2) is 5.60 Å². The van der Waals surface area contributed by atoms with Crippen LogP contribution < -0.4 is 0 Å². The summed E-state index contributed by atoms with van der Waals surface area (Å²) in [5, 5.41) is 20.2. The fraction of sp³-hybridized carbons (Fsp3) is 0.933. The molecule has 106 valence electrons. The largest absolute Gasteiger partial charge is 0.479 e. The fourth-order valence-corrected chi connectivity index (χ4v) is 3.53. The van der Waals surface area contributed by atoms with Crippen LogP contribution in [0.2, 0.25) is 0 Å². The zero-order chi connectivity index (χ0) is 14.1. The number of carbonyl (C=O) groups is 1. The molecule has 0 saturated heterocycles. The molecule has 0 spiro atoms. The van der Waals surface area contributed by atoms with Crippen LogP contribution >= 0.6 is 0 Å². The Kier molecular flexibility index (Phi) is 4.47. The molecule has 1 fully saturated rings. The smallest absolute Gasteiger partial charge is 0.336 e. The van der Waals surface area contributed by atoms with Crippen molar-refractivity contribution < 1.29 is 15.0 Å². The molecule has 0 aromatic carbocycles. The molecule has 0 aliphatic heterocycles. The first-order valence-electron chi connectivity index (χ1n) is 7.07. The summed E-state index contributed by atoms with van der Waals surface area (Å²) in [6.45, 7) is 10.1. The Hall–Kier alpha value is -0.570. The molecule has 3 nitrogen and oxygen atoms in total. The van der Waals surface area contributed by atoms with E-state index in [2.05, 4.69) is 20.8 Å². The zero-order valence-corrected chi connectivity index (χ0v) is 12.4. The minimum Gasteiger partial charge on any atom is -0.479 e. The van der Waals surface area contributed by atoms with E-state index in [1.165, 1.54) is 0 Å². The molecule has 0 aromatic heterocycles. The second kappa shape index (κ2) is 5.20. The van der Waals surface area contributed by atoms with Crippen molar-refractivity contribution in [2.75, 3.05) is 0 Å². The van der Waals surface area contributed by atoms with Crippen molar-refractivity contribution >= 4 is 5.97 Å². The van der Waals surface area contributed by atoms with Gasteiger partial charge in [0.1, 0.15) is 0 Å². The van der Waals surface area contributed by atoms with Gasteiger partial charge in [-0.3, -0.25) is 0 Å². The number of carboxylic acid groups (broad SMARTS) is 1. The molecule has 1 rings (SSSR count). The Balaban J connectivity index is 3.12. The topological polar surface area (TPSA) is 57.5 Å². The van der Waals surface area contributed by atoms with Gasteiger partial charge in [-0.25, -0.2) is 4.79 Å². The van der Waals surface area contributed by atoms with E-state index < -0.39 is 11.6 Å². The first kappa shape index (κ1) is 15.5. The van der Waals surface area contributed by atoms with E-state index in [1.807, 2.05) is 13.8 Å². The van der Waals surface area contributed by atoms with E-state index in [9.17, 15) is 15.0 Å². The Morgan fingerprint density at radius 3 is 1.89 bits per heavy atom. The van der Waals surface area contributed by atoms with Crippen molar-refractivity contribution in [3.8, 4) is 0 Å². The second-order valence-corrected chi connectivity index (χ2v) is 7.15. The van der Waals surface area contributed by atoms with Crippen molar-refractivity contribution in [2.24, 2.45) is 23.2 Å². The molecule has 0 aromatic rings. The minimum atomic E-state index is -1.58. The van der Waals surface area contributed by atoms with Crippen LogP contribution in [0.15, 0.2) is 0 Å². The molecule has 0 heterocycles. The summed E-state index contributed by atoms with van der Waals surface area (Å²) in [6.07, 6.45) is 4.02. The predicted molar refractivity (Wildman–Crippen MR) is 72.3 cm³/mol. The molecule has 2 N–H and O–H groups in total. The van der Waals surface area contributed by atoms with E-state index in [0.29, 0.717) is 0 Å². The summed E-state index contributed by atoms with van der Waals surface area (Å²) < 4.78 is 0. The van der Waals surface area contributed by atoms with Crippen LogP contribution in [0, 0.1) is 23.2 Å². The van der Waals surface area contributed by atoms with E-state index in [1.54, 1.807) is 0 Å². The summed E-state index contributed by atoms with van der Waals surface area (Å²) in [4.78, 5) is 11.6. The molecule has 0 amide bonds. The zero-order valence-electron chi connectivity index (χ0n) is 12.4. The van der Waals surface area contributed by atoms with E-state index in [0.717, 1.165) is 25.7 Å². The first-order chi connectivity index (χ1) is 8.11. The predicted octanol–water partition coefficient (Wildman–Crippen LogP) is 3.31. The Labute approximate surface area is 111 Å². The van der Waals surface area contributed by atoms with Crippen molar-refractivity contribution in [1.82, 2.24) is 0 Å². The number of rotatable bonds is 3. The van der Waals surface area contributed by atoms with Gasteiger partial charge in [0, 0.05) is 5.92 Å². The van der Waals surface area contributed by atoms with Crippen LogP contribution in [0.1, 0.15) is 60.3 Å². The third-order valence-electron chi connectivity index (χ3n) is 4.67. The summed E-state index contributed by atoms with van der Waals surface area (Å²) in [5.74, 6) is -1.18. The van der Waals surface area contributed by atoms with Gasteiger partial charge in [0.05, 0.1) is 0 Å². The highest BCUT2D eigenvalue weighted by molar-refractivity contribution is 5.78. The third-order valence-corrected chi connectivity index (χ3v) is 4.67. The maximum absolute atomic E-state index is 11.6. The quantitative estimate of drug-likeness (QED) is 0.814. The molecule has 3 unspecified atom stereocenters. The molecular weight excluding hydrogens is 228 g/mol. The number of aliphatic carboxylic acids is 1. The van der Waals surface area contributed by atoms with Gasteiger partial charge in [-0.15, -0.1) is 0 Å². The molecule has 1 aliphatic rings. The van der Waals surface area contributed by atoms with Crippen LogP contribution in [0.4, 0.5) is 0 Å². The maximum atomic E-state index is 11.6. The van der Waals surface area contributed by atoms with E-state index in [4.69, 9.17) is 0 Å². The number of aliphatic hydroxyl groups is 1. The highest BCUT2D eigenvalue weighted by Crippen LogP contribution is 2.48. The average Bonchev–Trinajstić information content (AvgIpc) is 2.26. The van der Waals surface area contributed by atoms with Gasteiger partial charge in [0.25, 0.3) is 0 Å². The number of hydrogen-bond acceptors (Lipinski definition) is 2. The summed E-state index contributed by atoms with van der Waals surface area (Å²) in [5.41, 5.74) is -1.54. The summed E-state index contributed by atoms with van der Waals surface area (Å²) in [6, 6.07) is 0. The van der Waals surface area contributed by atoms with Crippen LogP contribution in [0.25, 0.3) is 0 Å². The maximum Gasteiger partial charge on any atom is 0.336 e. The average molecular weight is 256 g/mol. The third kappa shape index (κ3) is 2.71. The van der Waals surface area contributed by atoms with Crippen molar-refractivity contribution in [3.63, 3.8) is 0 Å². The van der Waals surface area contributed by atoms with Crippen LogP contribution in [0.5, 0.6) is 0 Å². The number of carboxylic acids is 1. The van der Waals surface area contributed by atoms with Crippen molar-refractivity contribution in [3.05, 3.63) is 0 Å². The van der Waals surface area contributed by atoms with Crippen molar-refractivity contribution in [2.45, 2.75) is 65.9 Å². The summed E-state index contributed by atoms with van der Waals surface area (Å²) >= 11 is 0. The van der Waals surface area contributed by atoms with Crippen LogP contribution in [0.3, 0.4) is 0 Å². The molecule has 18 heavy (non-hydrogen) atoms. The Morgan fingerprint density at radius 2 is 1.56 bits per heavy atom. The van der Waals surface area contributed by atoms with E-state index >= 15 is 0 Å². The molecule has 3 heteroatoms. The normalized spacial score (nSPS) is 29.1. The molecule has 3 atom stereocenters. The summed E-state index contributed by atoms with van der Waals surface area (Å²) in [7, 11) is 0. The number of hydrogen-bond donors (Lipinski definition) is 2. The lowest BCUT2D eigenvalue weighted by Gasteiger charge is -2.47. The molecule has 1 saturated carbocycles.